The lowest BCUT2D eigenvalue weighted by molar-refractivity contribution is 0.280. The molecule has 1 aromatic carbocycles. The quantitative estimate of drug-likeness (QED) is 0.888. The number of H-pyrrole nitrogens is 1. The van der Waals surface area contributed by atoms with Crippen molar-refractivity contribution in [2.45, 2.75) is 13.0 Å². The topological polar surface area (TPSA) is 58.0 Å². The van der Waals surface area contributed by atoms with Gasteiger partial charge in [-0.2, -0.15) is 0 Å². The van der Waals surface area contributed by atoms with Crippen molar-refractivity contribution in [3.63, 3.8) is 0 Å². The van der Waals surface area contributed by atoms with Gasteiger partial charge in [-0.15, -0.1) is 0 Å². The van der Waals surface area contributed by atoms with Crippen molar-refractivity contribution in [2.75, 3.05) is 6.61 Å². The number of fused-ring (bicyclic) bond motifs is 1. The molecule has 0 atom stereocenters. The van der Waals surface area contributed by atoms with Gasteiger partial charge in [-0.25, -0.2) is 4.79 Å². The molecule has 1 aromatic heterocycles. The number of nitrogens with one attached hydrogen (secondary N) is 1. The molecule has 2 aromatic rings. The van der Waals surface area contributed by atoms with Crippen molar-refractivity contribution in [1.29, 1.82) is 0 Å². The number of halogens is 1. The van der Waals surface area contributed by atoms with Crippen LogP contribution in [0.25, 0.3) is 11.0 Å². The van der Waals surface area contributed by atoms with Gasteiger partial charge in [0.2, 0.25) is 0 Å². The van der Waals surface area contributed by atoms with Gasteiger partial charge in [-0.05, 0) is 34.5 Å². The number of para-hydroxylation sites is 1. The SMILES string of the molecule is O=c1[nH]c2cccc(Br)c2n1CCCO. The van der Waals surface area contributed by atoms with E-state index in [4.69, 9.17) is 5.11 Å². The first kappa shape index (κ1) is 10.4. The first-order chi connectivity index (χ1) is 7.24. The van der Waals surface area contributed by atoms with E-state index in [1.807, 2.05) is 18.2 Å². The average molecular weight is 271 g/mol. The van der Waals surface area contributed by atoms with Gasteiger partial charge in [-0.1, -0.05) is 6.07 Å². The fourth-order valence-corrected chi connectivity index (χ4v) is 2.20. The lowest BCUT2D eigenvalue weighted by atomic mass is 10.3. The van der Waals surface area contributed by atoms with Crippen molar-refractivity contribution >= 4 is 27.0 Å². The molecule has 80 valence electrons. The molecule has 0 unspecified atom stereocenters. The van der Waals surface area contributed by atoms with Gasteiger partial charge in [0.1, 0.15) is 0 Å². The predicted molar refractivity (Wildman–Crippen MR) is 62.0 cm³/mol. The number of imidazole rings is 1. The normalized spacial score (nSPS) is 11.1. The maximum absolute atomic E-state index is 11.6. The zero-order chi connectivity index (χ0) is 10.8. The van der Waals surface area contributed by atoms with E-state index in [-0.39, 0.29) is 12.3 Å². The van der Waals surface area contributed by atoms with E-state index in [0.29, 0.717) is 13.0 Å². The highest BCUT2D eigenvalue weighted by Gasteiger charge is 2.08. The summed E-state index contributed by atoms with van der Waals surface area (Å²) in [7, 11) is 0. The molecule has 5 heteroatoms. The zero-order valence-electron chi connectivity index (χ0n) is 8.03. The molecule has 2 rings (SSSR count). The molecule has 0 aliphatic heterocycles. The smallest absolute Gasteiger partial charge is 0.326 e. The monoisotopic (exact) mass is 270 g/mol. The molecular weight excluding hydrogens is 260 g/mol. The van der Waals surface area contributed by atoms with Crippen molar-refractivity contribution in [1.82, 2.24) is 9.55 Å². The number of aryl methyl sites for hydroxylation is 1. The summed E-state index contributed by atoms with van der Waals surface area (Å²) in [4.78, 5) is 14.4. The van der Waals surface area contributed by atoms with Crippen molar-refractivity contribution < 1.29 is 5.11 Å². The number of nitrogens with zero attached hydrogens (tertiary/aromatic N) is 1. The second-order valence-corrected chi connectivity index (χ2v) is 4.15. The summed E-state index contributed by atoms with van der Waals surface area (Å²) < 4.78 is 2.52. The van der Waals surface area contributed by atoms with Gasteiger partial charge in [0.15, 0.2) is 0 Å². The molecule has 15 heavy (non-hydrogen) atoms. The second kappa shape index (κ2) is 4.20. The molecule has 4 nitrogen and oxygen atoms in total. The number of aliphatic hydroxyl groups is 1. The molecular formula is C10H11BrN2O2. The number of aromatic nitrogens is 2. The maximum Gasteiger partial charge on any atom is 0.326 e. The van der Waals surface area contributed by atoms with Gasteiger partial charge in [0.05, 0.1) is 11.0 Å². The Morgan fingerprint density at radius 1 is 1.47 bits per heavy atom. The van der Waals surface area contributed by atoms with E-state index in [9.17, 15) is 4.79 Å². The van der Waals surface area contributed by atoms with E-state index in [1.54, 1.807) is 4.57 Å². The summed E-state index contributed by atoms with van der Waals surface area (Å²) in [5, 5.41) is 8.76. The first-order valence-electron chi connectivity index (χ1n) is 4.72. The van der Waals surface area contributed by atoms with Gasteiger partial charge in [0, 0.05) is 17.6 Å². The zero-order valence-corrected chi connectivity index (χ0v) is 9.62. The highest BCUT2D eigenvalue weighted by molar-refractivity contribution is 9.10. The Labute approximate surface area is 94.7 Å². The molecule has 0 aliphatic carbocycles. The number of benzene rings is 1. The fourth-order valence-electron chi connectivity index (χ4n) is 1.62. The summed E-state index contributed by atoms with van der Waals surface area (Å²) in [6, 6.07) is 5.63. The number of rotatable bonds is 3. The predicted octanol–water partition coefficient (Wildman–Crippen LogP) is 1.47. The molecule has 0 aliphatic rings. The molecule has 0 bridgehead atoms. The van der Waals surface area contributed by atoms with Crippen molar-refractivity contribution in [2.24, 2.45) is 0 Å². The third-order valence-corrected chi connectivity index (χ3v) is 2.92. The molecule has 2 N–H and O–H groups in total. The van der Waals surface area contributed by atoms with Crippen LogP contribution in [0.15, 0.2) is 27.5 Å². The van der Waals surface area contributed by atoms with E-state index in [0.717, 1.165) is 15.5 Å². The Kier molecular flexibility index (Phi) is 2.93. The summed E-state index contributed by atoms with van der Waals surface area (Å²) in [5.74, 6) is 0. The minimum absolute atomic E-state index is 0.0869. The van der Waals surface area contributed by atoms with Crippen LogP contribution < -0.4 is 5.69 Å². The van der Waals surface area contributed by atoms with E-state index >= 15 is 0 Å². The summed E-state index contributed by atoms with van der Waals surface area (Å²) >= 11 is 3.41. The lowest BCUT2D eigenvalue weighted by Gasteiger charge is -2.02. The van der Waals surface area contributed by atoms with Crippen LogP contribution in [0.3, 0.4) is 0 Å². The van der Waals surface area contributed by atoms with Gasteiger partial charge < -0.3 is 10.1 Å². The number of aliphatic hydroxyl groups excluding tert-OH is 1. The molecule has 0 saturated heterocycles. The maximum atomic E-state index is 11.6. The average Bonchev–Trinajstić information content (AvgIpc) is 2.53. The van der Waals surface area contributed by atoms with Crippen molar-refractivity contribution in [3.8, 4) is 0 Å². The van der Waals surface area contributed by atoms with Crippen LogP contribution in [-0.4, -0.2) is 21.3 Å². The largest absolute Gasteiger partial charge is 0.396 e. The Balaban J connectivity index is 2.61. The Morgan fingerprint density at radius 2 is 2.27 bits per heavy atom. The Bertz CT molecular complexity index is 530. The standard InChI is InChI=1S/C10H11BrN2O2/c11-7-3-1-4-8-9(7)13(5-2-6-14)10(15)12-8/h1,3-4,14H,2,5-6H2,(H,12,15). The Morgan fingerprint density at radius 3 is 3.00 bits per heavy atom. The Hall–Kier alpha value is -1.07. The van der Waals surface area contributed by atoms with Crippen LogP contribution in [0.5, 0.6) is 0 Å². The molecule has 0 radical (unpaired) electrons. The molecule has 0 saturated carbocycles. The summed E-state index contributed by atoms with van der Waals surface area (Å²) in [5.41, 5.74) is 1.54. The minimum atomic E-state index is -0.134. The van der Waals surface area contributed by atoms with Crippen LogP contribution >= 0.6 is 15.9 Å². The highest BCUT2D eigenvalue weighted by atomic mass is 79.9. The van der Waals surface area contributed by atoms with E-state index in [2.05, 4.69) is 20.9 Å². The van der Waals surface area contributed by atoms with Crippen molar-refractivity contribution in [3.05, 3.63) is 33.2 Å². The number of hydrogen-bond donors (Lipinski definition) is 2. The number of hydrogen-bond acceptors (Lipinski definition) is 2. The van der Waals surface area contributed by atoms with E-state index < -0.39 is 0 Å². The summed E-state index contributed by atoms with van der Waals surface area (Å²) in [6.07, 6.45) is 0.578. The molecule has 0 amide bonds. The number of aromatic amines is 1. The van der Waals surface area contributed by atoms with Gasteiger partial charge >= 0.3 is 5.69 Å². The van der Waals surface area contributed by atoms with Gasteiger partial charge in [-0.3, -0.25) is 4.57 Å². The lowest BCUT2D eigenvalue weighted by Crippen LogP contribution is -2.17. The third kappa shape index (κ3) is 1.85. The molecule has 0 fully saturated rings. The van der Waals surface area contributed by atoms with Crippen LogP contribution in [-0.2, 0) is 6.54 Å². The fraction of sp³-hybridized carbons (Fsp3) is 0.300. The molecule has 1 heterocycles. The van der Waals surface area contributed by atoms with Gasteiger partial charge in [0.25, 0.3) is 0 Å². The highest BCUT2D eigenvalue weighted by Crippen LogP contribution is 2.21. The molecule has 0 spiro atoms. The van der Waals surface area contributed by atoms with Crippen LogP contribution in [0.2, 0.25) is 0 Å². The van der Waals surface area contributed by atoms with Crippen LogP contribution in [0, 0.1) is 0 Å². The summed E-state index contributed by atoms with van der Waals surface area (Å²) in [6.45, 7) is 0.613. The minimum Gasteiger partial charge on any atom is -0.396 e. The van der Waals surface area contributed by atoms with Crippen LogP contribution in [0.4, 0.5) is 0 Å². The third-order valence-electron chi connectivity index (χ3n) is 2.28. The van der Waals surface area contributed by atoms with E-state index in [1.165, 1.54) is 0 Å². The second-order valence-electron chi connectivity index (χ2n) is 3.29. The van der Waals surface area contributed by atoms with Crippen LogP contribution in [0.1, 0.15) is 6.42 Å². The first-order valence-corrected chi connectivity index (χ1v) is 5.51.